The summed E-state index contributed by atoms with van der Waals surface area (Å²) in [6.07, 6.45) is 0. The van der Waals surface area contributed by atoms with Crippen molar-refractivity contribution in [2.45, 2.75) is 17.5 Å². The number of fused-ring (bicyclic) bond motifs is 1. The maximum atomic E-state index is 13.0. The Hall–Kier alpha value is -2.72. The highest BCUT2D eigenvalue weighted by atomic mass is 32.2. The molecule has 1 amide bonds. The van der Waals surface area contributed by atoms with Crippen LogP contribution in [0, 0.1) is 0 Å². The van der Waals surface area contributed by atoms with Crippen molar-refractivity contribution >= 4 is 45.2 Å². The average molecular weight is 466 g/mol. The lowest BCUT2D eigenvalue weighted by Crippen LogP contribution is -2.35. The molecule has 1 fully saturated rings. The van der Waals surface area contributed by atoms with E-state index < -0.39 is 0 Å². The van der Waals surface area contributed by atoms with Crippen LogP contribution in [0.1, 0.15) is 21.6 Å². The number of hydrogen-bond acceptors (Lipinski definition) is 7. The van der Waals surface area contributed by atoms with E-state index in [0.717, 1.165) is 60.3 Å². The molecule has 4 aromatic rings. The largest absolute Gasteiger partial charge is 0.379 e. The lowest BCUT2D eigenvalue weighted by molar-refractivity contribution is 0.0337. The number of H-pyrrole nitrogens is 1. The lowest BCUT2D eigenvalue weighted by Gasteiger charge is -2.25. The summed E-state index contributed by atoms with van der Waals surface area (Å²) < 4.78 is 5.39. The van der Waals surface area contributed by atoms with E-state index in [4.69, 9.17) is 4.74 Å². The van der Waals surface area contributed by atoms with Crippen molar-refractivity contribution < 1.29 is 9.53 Å². The van der Waals surface area contributed by atoms with Gasteiger partial charge in [0, 0.05) is 36.3 Å². The van der Waals surface area contributed by atoms with Crippen molar-refractivity contribution in [2.75, 3.05) is 31.6 Å². The molecule has 32 heavy (non-hydrogen) atoms. The first-order valence-electron chi connectivity index (χ1n) is 10.5. The van der Waals surface area contributed by atoms with Gasteiger partial charge in [-0.1, -0.05) is 42.1 Å². The number of morpholine rings is 1. The molecule has 3 heterocycles. The number of nitrogens with zero attached hydrogens (tertiary/aromatic N) is 3. The fourth-order valence-corrected chi connectivity index (χ4v) is 5.19. The van der Waals surface area contributed by atoms with E-state index in [1.165, 1.54) is 11.3 Å². The third kappa shape index (κ3) is 5.02. The number of rotatable bonds is 7. The van der Waals surface area contributed by atoms with Gasteiger partial charge in [-0.3, -0.25) is 15.0 Å². The Morgan fingerprint density at radius 2 is 1.94 bits per heavy atom. The molecule has 0 unspecified atom stereocenters. The van der Waals surface area contributed by atoms with Crippen LogP contribution in [-0.2, 0) is 17.0 Å². The number of aromatic amines is 1. The van der Waals surface area contributed by atoms with E-state index in [0.29, 0.717) is 16.4 Å². The second-order valence-electron chi connectivity index (χ2n) is 7.49. The van der Waals surface area contributed by atoms with Crippen molar-refractivity contribution in [1.29, 1.82) is 0 Å². The normalized spacial score (nSPS) is 14.6. The fourth-order valence-electron chi connectivity index (χ4n) is 3.60. The topological polar surface area (TPSA) is 83.1 Å². The molecule has 2 aromatic carbocycles. The molecule has 0 spiro atoms. The Morgan fingerprint density at radius 3 is 2.81 bits per heavy atom. The number of hydrogen-bond donors (Lipinski definition) is 2. The number of imidazole rings is 1. The molecule has 2 N–H and O–H groups in total. The molecule has 0 saturated carbocycles. The van der Waals surface area contributed by atoms with E-state index >= 15 is 0 Å². The van der Waals surface area contributed by atoms with Crippen molar-refractivity contribution in [3.05, 3.63) is 70.7 Å². The van der Waals surface area contributed by atoms with Crippen LogP contribution in [0.25, 0.3) is 11.0 Å². The molecule has 0 radical (unpaired) electrons. The van der Waals surface area contributed by atoms with Gasteiger partial charge in [0.25, 0.3) is 5.91 Å². The first kappa shape index (κ1) is 21.1. The SMILES string of the molecule is O=C(Nc1nc(CN2CCOCC2)cs1)c1ccccc1CSc1nc2ccccc2[nH]1. The summed E-state index contributed by atoms with van der Waals surface area (Å²) in [6, 6.07) is 15.6. The van der Waals surface area contributed by atoms with Crippen molar-refractivity contribution in [3.8, 4) is 0 Å². The predicted octanol–water partition coefficient (Wildman–Crippen LogP) is 4.40. The van der Waals surface area contributed by atoms with Crippen LogP contribution in [0.3, 0.4) is 0 Å². The lowest BCUT2D eigenvalue weighted by atomic mass is 10.1. The zero-order chi connectivity index (χ0) is 21.8. The van der Waals surface area contributed by atoms with Crippen LogP contribution in [0.15, 0.2) is 59.1 Å². The number of anilines is 1. The smallest absolute Gasteiger partial charge is 0.257 e. The fraction of sp³-hybridized carbons (Fsp3) is 0.261. The van der Waals surface area contributed by atoms with E-state index in [9.17, 15) is 4.79 Å². The van der Waals surface area contributed by atoms with Crippen LogP contribution >= 0.6 is 23.1 Å². The molecular formula is C23H23N5O2S2. The minimum Gasteiger partial charge on any atom is -0.379 e. The standard InChI is InChI=1S/C23H23N5O2S2/c29-21(27-22-24-17(15-32-22)13-28-9-11-30-12-10-28)18-6-2-1-5-16(18)14-31-23-25-19-7-3-4-8-20(19)26-23/h1-8,15H,9-14H2,(H,25,26)(H,24,27,29). The van der Waals surface area contributed by atoms with Gasteiger partial charge in [-0.25, -0.2) is 9.97 Å². The molecular weight excluding hydrogens is 442 g/mol. The van der Waals surface area contributed by atoms with Gasteiger partial charge in [0.15, 0.2) is 10.3 Å². The molecule has 0 aliphatic carbocycles. The minimum atomic E-state index is -0.141. The number of thioether (sulfide) groups is 1. The molecule has 1 aliphatic rings. The van der Waals surface area contributed by atoms with Crippen LogP contribution in [-0.4, -0.2) is 52.1 Å². The summed E-state index contributed by atoms with van der Waals surface area (Å²) in [5, 5.41) is 6.44. The second-order valence-corrected chi connectivity index (χ2v) is 9.31. The Balaban J connectivity index is 1.23. The molecule has 7 nitrogen and oxygen atoms in total. The van der Waals surface area contributed by atoms with E-state index in [2.05, 4.69) is 25.2 Å². The number of nitrogens with one attached hydrogen (secondary N) is 2. The highest BCUT2D eigenvalue weighted by Gasteiger charge is 2.16. The Labute approximate surface area is 194 Å². The average Bonchev–Trinajstić information content (AvgIpc) is 3.44. The highest BCUT2D eigenvalue weighted by Crippen LogP contribution is 2.25. The molecule has 0 atom stereocenters. The zero-order valence-electron chi connectivity index (χ0n) is 17.4. The third-order valence-corrected chi connectivity index (χ3v) is 6.98. The van der Waals surface area contributed by atoms with Gasteiger partial charge in [-0.05, 0) is 23.8 Å². The van der Waals surface area contributed by atoms with E-state index in [-0.39, 0.29) is 5.91 Å². The number of benzene rings is 2. The Kier molecular flexibility index (Phi) is 6.49. The Bertz CT molecular complexity index is 1180. The number of thiazole rings is 1. The number of carbonyl (C=O) groups excluding carboxylic acids is 1. The predicted molar refractivity (Wildman–Crippen MR) is 128 cm³/mol. The molecule has 164 valence electrons. The Morgan fingerprint density at radius 1 is 1.12 bits per heavy atom. The molecule has 0 bridgehead atoms. The monoisotopic (exact) mass is 465 g/mol. The molecule has 2 aromatic heterocycles. The summed E-state index contributed by atoms with van der Waals surface area (Å²) in [5.74, 6) is 0.502. The van der Waals surface area contributed by atoms with Crippen LogP contribution in [0.2, 0.25) is 0 Å². The van der Waals surface area contributed by atoms with Gasteiger partial charge in [0.1, 0.15) is 0 Å². The van der Waals surface area contributed by atoms with Crippen molar-refractivity contribution in [2.24, 2.45) is 0 Å². The highest BCUT2D eigenvalue weighted by molar-refractivity contribution is 7.98. The molecule has 1 aliphatic heterocycles. The van der Waals surface area contributed by atoms with Crippen molar-refractivity contribution in [3.63, 3.8) is 0 Å². The van der Waals surface area contributed by atoms with Crippen LogP contribution in [0.4, 0.5) is 5.13 Å². The van der Waals surface area contributed by atoms with Crippen LogP contribution in [0.5, 0.6) is 0 Å². The molecule has 5 rings (SSSR count). The third-order valence-electron chi connectivity index (χ3n) is 5.26. The van der Waals surface area contributed by atoms with Gasteiger partial charge in [-0.2, -0.15) is 0 Å². The zero-order valence-corrected chi connectivity index (χ0v) is 19.0. The molecule has 9 heteroatoms. The summed E-state index contributed by atoms with van der Waals surface area (Å²) in [7, 11) is 0. The number of amides is 1. The van der Waals surface area contributed by atoms with Gasteiger partial charge < -0.3 is 9.72 Å². The van der Waals surface area contributed by atoms with E-state index in [1.54, 1.807) is 11.8 Å². The number of para-hydroxylation sites is 2. The molecule has 1 saturated heterocycles. The maximum absolute atomic E-state index is 13.0. The summed E-state index contributed by atoms with van der Waals surface area (Å²) in [5.41, 5.74) is 4.54. The van der Waals surface area contributed by atoms with Gasteiger partial charge in [-0.15, -0.1) is 11.3 Å². The van der Waals surface area contributed by atoms with Gasteiger partial charge in [0.05, 0.1) is 29.9 Å². The van der Waals surface area contributed by atoms with Gasteiger partial charge >= 0.3 is 0 Å². The summed E-state index contributed by atoms with van der Waals surface area (Å²) in [4.78, 5) is 27.8. The van der Waals surface area contributed by atoms with Gasteiger partial charge in [0.2, 0.25) is 0 Å². The van der Waals surface area contributed by atoms with E-state index in [1.807, 2.05) is 53.9 Å². The first-order valence-corrected chi connectivity index (χ1v) is 12.3. The second kappa shape index (κ2) is 9.83. The first-order chi connectivity index (χ1) is 15.7. The quantitative estimate of drug-likeness (QED) is 0.394. The summed E-state index contributed by atoms with van der Waals surface area (Å²) >= 11 is 3.04. The maximum Gasteiger partial charge on any atom is 0.257 e. The van der Waals surface area contributed by atoms with Crippen molar-refractivity contribution in [1.82, 2.24) is 19.9 Å². The summed E-state index contributed by atoms with van der Waals surface area (Å²) in [6.45, 7) is 4.12. The van der Waals surface area contributed by atoms with Crippen LogP contribution < -0.4 is 5.32 Å². The minimum absolute atomic E-state index is 0.141. The number of ether oxygens (including phenoxy) is 1. The number of aromatic nitrogens is 3. The number of carbonyl (C=O) groups is 1.